The topological polar surface area (TPSA) is 57.3 Å². The van der Waals surface area contributed by atoms with Crippen molar-refractivity contribution >= 4 is 5.91 Å². The van der Waals surface area contributed by atoms with Gasteiger partial charge in [0.2, 0.25) is 5.91 Å². The molecule has 1 aromatic heterocycles. The Kier molecular flexibility index (Phi) is 3.71. The standard InChI is InChI=1S/C12H18N4O/c1-9-7-11(15-14-9)12(17)16(2)8-10-5-3-4-6-13-10/h3-6,9,11,14-15H,7-8H2,1-2H3. The van der Waals surface area contributed by atoms with E-state index in [1.54, 1.807) is 11.1 Å². The van der Waals surface area contributed by atoms with E-state index in [4.69, 9.17) is 0 Å². The molecule has 2 rings (SSSR count). The third kappa shape index (κ3) is 3.01. The minimum absolute atomic E-state index is 0.104. The number of hydrazine groups is 1. The summed E-state index contributed by atoms with van der Waals surface area (Å²) >= 11 is 0. The SMILES string of the molecule is CC1CC(C(=O)N(C)Cc2ccccn2)NN1. The summed E-state index contributed by atoms with van der Waals surface area (Å²) < 4.78 is 0. The largest absolute Gasteiger partial charge is 0.338 e. The maximum atomic E-state index is 12.1. The van der Waals surface area contributed by atoms with Crippen molar-refractivity contribution in [3.63, 3.8) is 0 Å². The van der Waals surface area contributed by atoms with Crippen molar-refractivity contribution in [3.05, 3.63) is 30.1 Å². The molecule has 1 aliphatic rings. The molecule has 5 heteroatoms. The zero-order valence-electron chi connectivity index (χ0n) is 10.2. The third-order valence-corrected chi connectivity index (χ3v) is 2.89. The fraction of sp³-hybridized carbons (Fsp3) is 0.500. The second-order valence-electron chi connectivity index (χ2n) is 4.49. The minimum Gasteiger partial charge on any atom is -0.338 e. The Morgan fingerprint density at radius 2 is 2.35 bits per heavy atom. The van der Waals surface area contributed by atoms with Crippen LogP contribution in [-0.4, -0.2) is 34.9 Å². The molecule has 1 fully saturated rings. The molecular weight excluding hydrogens is 216 g/mol. The van der Waals surface area contributed by atoms with E-state index >= 15 is 0 Å². The molecule has 1 aliphatic heterocycles. The summed E-state index contributed by atoms with van der Waals surface area (Å²) in [5.41, 5.74) is 6.97. The van der Waals surface area contributed by atoms with Gasteiger partial charge in [-0.05, 0) is 25.5 Å². The highest BCUT2D eigenvalue weighted by atomic mass is 16.2. The van der Waals surface area contributed by atoms with Crippen molar-refractivity contribution in [3.8, 4) is 0 Å². The molecule has 2 unspecified atom stereocenters. The van der Waals surface area contributed by atoms with E-state index in [-0.39, 0.29) is 11.9 Å². The number of aromatic nitrogens is 1. The van der Waals surface area contributed by atoms with Crippen LogP contribution in [0.4, 0.5) is 0 Å². The molecule has 0 bridgehead atoms. The van der Waals surface area contributed by atoms with Crippen LogP contribution in [0.2, 0.25) is 0 Å². The molecule has 1 saturated heterocycles. The molecule has 0 aromatic carbocycles. The number of amides is 1. The molecule has 0 aliphatic carbocycles. The fourth-order valence-corrected chi connectivity index (χ4v) is 1.96. The normalized spacial score (nSPS) is 23.6. The molecule has 0 spiro atoms. The number of hydrogen-bond donors (Lipinski definition) is 2. The van der Waals surface area contributed by atoms with Crippen LogP contribution in [0.3, 0.4) is 0 Å². The van der Waals surface area contributed by atoms with Crippen molar-refractivity contribution in [1.29, 1.82) is 0 Å². The number of rotatable bonds is 3. The molecule has 2 heterocycles. The number of hydrogen-bond acceptors (Lipinski definition) is 4. The first-order chi connectivity index (χ1) is 8.16. The summed E-state index contributed by atoms with van der Waals surface area (Å²) in [6.45, 7) is 2.60. The summed E-state index contributed by atoms with van der Waals surface area (Å²) in [4.78, 5) is 18.0. The van der Waals surface area contributed by atoms with E-state index < -0.39 is 0 Å². The number of nitrogens with zero attached hydrogens (tertiary/aromatic N) is 2. The first-order valence-corrected chi connectivity index (χ1v) is 5.83. The van der Waals surface area contributed by atoms with Crippen LogP contribution < -0.4 is 10.9 Å². The van der Waals surface area contributed by atoms with Gasteiger partial charge in [0, 0.05) is 19.3 Å². The molecule has 0 radical (unpaired) electrons. The van der Waals surface area contributed by atoms with Crippen LogP contribution in [0.5, 0.6) is 0 Å². The van der Waals surface area contributed by atoms with Crippen molar-refractivity contribution < 1.29 is 4.79 Å². The van der Waals surface area contributed by atoms with Crippen molar-refractivity contribution in [1.82, 2.24) is 20.7 Å². The van der Waals surface area contributed by atoms with Gasteiger partial charge in [-0.1, -0.05) is 6.07 Å². The van der Waals surface area contributed by atoms with Crippen LogP contribution in [0.15, 0.2) is 24.4 Å². The number of nitrogens with one attached hydrogen (secondary N) is 2. The van der Waals surface area contributed by atoms with E-state index in [0.717, 1.165) is 12.1 Å². The van der Waals surface area contributed by atoms with Crippen LogP contribution in [0.1, 0.15) is 19.0 Å². The minimum atomic E-state index is -0.126. The maximum absolute atomic E-state index is 12.1. The number of likely N-dealkylation sites (N-methyl/N-ethyl adjacent to an activating group) is 1. The van der Waals surface area contributed by atoms with Gasteiger partial charge in [0.1, 0.15) is 6.04 Å². The molecule has 92 valence electrons. The monoisotopic (exact) mass is 234 g/mol. The smallest absolute Gasteiger partial charge is 0.241 e. The van der Waals surface area contributed by atoms with Gasteiger partial charge < -0.3 is 4.90 Å². The molecule has 2 N–H and O–H groups in total. The van der Waals surface area contributed by atoms with Crippen LogP contribution in [0, 0.1) is 0 Å². The Balaban J connectivity index is 1.92. The Morgan fingerprint density at radius 1 is 1.53 bits per heavy atom. The third-order valence-electron chi connectivity index (χ3n) is 2.89. The molecule has 5 nitrogen and oxygen atoms in total. The second-order valence-corrected chi connectivity index (χ2v) is 4.49. The highest BCUT2D eigenvalue weighted by molar-refractivity contribution is 5.81. The maximum Gasteiger partial charge on any atom is 0.241 e. The van der Waals surface area contributed by atoms with Crippen molar-refractivity contribution in [2.45, 2.75) is 32.0 Å². The highest BCUT2D eigenvalue weighted by Crippen LogP contribution is 2.08. The first kappa shape index (κ1) is 12.0. The van der Waals surface area contributed by atoms with Crippen LogP contribution in [-0.2, 0) is 11.3 Å². The second kappa shape index (κ2) is 5.25. The van der Waals surface area contributed by atoms with Gasteiger partial charge in [-0.15, -0.1) is 0 Å². The van der Waals surface area contributed by atoms with Gasteiger partial charge in [0.05, 0.1) is 12.2 Å². The summed E-state index contributed by atoms with van der Waals surface area (Å²) in [5.74, 6) is 0.104. The first-order valence-electron chi connectivity index (χ1n) is 5.83. The highest BCUT2D eigenvalue weighted by Gasteiger charge is 2.28. The van der Waals surface area contributed by atoms with Gasteiger partial charge in [-0.25, -0.2) is 5.43 Å². The number of carbonyl (C=O) groups is 1. The molecule has 17 heavy (non-hydrogen) atoms. The lowest BCUT2D eigenvalue weighted by atomic mass is 10.1. The van der Waals surface area contributed by atoms with Gasteiger partial charge >= 0.3 is 0 Å². The van der Waals surface area contributed by atoms with E-state index in [1.807, 2.05) is 25.2 Å². The predicted molar refractivity (Wildman–Crippen MR) is 64.8 cm³/mol. The molecule has 1 aromatic rings. The Labute approximate surface area is 101 Å². The Hall–Kier alpha value is -1.46. The van der Waals surface area contributed by atoms with Crippen molar-refractivity contribution in [2.24, 2.45) is 0 Å². The van der Waals surface area contributed by atoms with Crippen LogP contribution >= 0.6 is 0 Å². The van der Waals surface area contributed by atoms with Crippen LogP contribution in [0.25, 0.3) is 0 Å². The average Bonchev–Trinajstić information content (AvgIpc) is 2.76. The molecule has 0 saturated carbocycles. The lowest BCUT2D eigenvalue weighted by molar-refractivity contribution is -0.132. The number of pyridine rings is 1. The van der Waals surface area contributed by atoms with Gasteiger partial charge in [0.15, 0.2) is 0 Å². The molecule has 1 amide bonds. The van der Waals surface area contributed by atoms with E-state index in [0.29, 0.717) is 12.6 Å². The predicted octanol–water partition coefficient (Wildman–Crippen LogP) is 0.295. The summed E-state index contributed by atoms with van der Waals surface area (Å²) in [7, 11) is 1.81. The Bertz CT molecular complexity index is 381. The average molecular weight is 234 g/mol. The quantitative estimate of drug-likeness (QED) is 0.789. The van der Waals surface area contributed by atoms with Gasteiger partial charge in [0.25, 0.3) is 0 Å². The molecular formula is C12H18N4O. The Morgan fingerprint density at radius 3 is 2.94 bits per heavy atom. The fourth-order valence-electron chi connectivity index (χ4n) is 1.96. The summed E-state index contributed by atoms with van der Waals surface area (Å²) in [6.07, 6.45) is 2.57. The van der Waals surface area contributed by atoms with E-state index in [1.165, 1.54) is 0 Å². The summed E-state index contributed by atoms with van der Waals surface area (Å²) in [5, 5.41) is 0. The lowest BCUT2D eigenvalue weighted by Gasteiger charge is -2.20. The van der Waals surface area contributed by atoms with Gasteiger partial charge in [-0.3, -0.25) is 15.2 Å². The zero-order valence-corrected chi connectivity index (χ0v) is 10.2. The summed E-state index contributed by atoms with van der Waals surface area (Å²) in [6, 6.07) is 5.94. The number of carbonyl (C=O) groups excluding carboxylic acids is 1. The zero-order chi connectivity index (χ0) is 12.3. The van der Waals surface area contributed by atoms with Crippen molar-refractivity contribution in [2.75, 3.05) is 7.05 Å². The van der Waals surface area contributed by atoms with E-state index in [9.17, 15) is 4.79 Å². The van der Waals surface area contributed by atoms with E-state index in [2.05, 4.69) is 22.8 Å². The molecule has 2 atom stereocenters. The lowest BCUT2D eigenvalue weighted by Crippen LogP contribution is -2.43. The van der Waals surface area contributed by atoms with Gasteiger partial charge in [-0.2, -0.15) is 0 Å².